The van der Waals surface area contributed by atoms with Crippen molar-refractivity contribution in [2.75, 3.05) is 11.4 Å². The number of hydrogen-bond acceptors (Lipinski definition) is 3. The normalized spacial score (nSPS) is 17.9. The summed E-state index contributed by atoms with van der Waals surface area (Å²) in [7, 11) is 0. The third kappa shape index (κ3) is 2.35. The second kappa shape index (κ2) is 5.04. The van der Waals surface area contributed by atoms with Crippen LogP contribution >= 0.6 is 0 Å². The van der Waals surface area contributed by atoms with Crippen LogP contribution in [0.15, 0.2) is 42.7 Å². The van der Waals surface area contributed by atoms with Gasteiger partial charge in [0.05, 0.1) is 23.5 Å². The minimum absolute atomic E-state index is 0.193. The Hall–Kier alpha value is -2.08. The molecule has 1 aliphatic rings. The van der Waals surface area contributed by atoms with E-state index in [4.69, 9.17) is 5.73 Å². The van der Waals surface area contributed by atoms with Crippen molar-refractivity contribution < 1.29 is 13.2 Å². The number of pyridine rings is 1. The molecule has 1 aromatic heterocycles. The maximum absolute atomic E-state index is 13.1. The SMILES string of the molecule is NCC1c2cccc(C(F)(F)F)c2CN1c1cccnc1. The van der Waals surface area contributed by atoms with Gasteiger partial charge in [-0.3, -0.25) is 4.98 Å². The van der Waals surface area contributed by atoms with Crippen LogP contribution in [0.25, 0.3) is 0 Å². The van der Waals surface area contributed by atoms with Crippen LogP contribution < -0.4 is 10.6 Å². The fourth-order valence-electron chi connectivity index (χ4n) is 2.86. The van der Waals surface area contributed by atoms with Crippen LogP contribution in [0.4, 0.5) is 18.9 Å². The maximum Gasteiger partial charge on any atom is 0.416 e. The summed E-state index contributed by atoms with van der Waals surface area (Å²) >= 11 is 0. The van der Waals surface area contributed by atoms with E-state index in [-0.39, 0.29) is 19.1 Å². The third-order valence-corrected chi connectivity index (χ3v) is 3.78. The number of nitrogens with zero attached hydrogens (tertiary/aromatic N) is 2. The molecule has 1 aromatic carbocycles. The second-order valence-corrected chi connectivity index (χ2v) is 4.96. The molecule has 0 spiro atoms. The molecule has 2 heterocycles. The van der Waals surface area contributed by atoms with Crippen molar-refractivity contribution in [2.24, 2.45) is 5.73 Å². The van der Waals surface area contributed by atoms with Crippen LogP contribution in [0.1, 0.15) is 22.7 Å². The van der Waals surface area contributed by atoms with Crippen LogP contribution in [-0.2, 0) is 12.7 Å². The van der Waals surface area contributed by atoms with E-state index in [1.165, 1.54) is 6.07 Å². The molecule has 2 N–H and O–H groups in total. The molecular weight excluding hydrogens is 279 g/mol. The van der Waals surface area contributed by atoms with Crippen molar-refractivity contribution in [1.29, 1.82) is 0 Å². The summed E-state index contributed by atoms with van der Waals surface area (Å²) in [5.74, 6) is 0. The van der Waals surface area contributed by atoms with Crippen LogP contribution in [-0.4, -0.2) is 11.5 Å². The minimum atomic E-state index is -4.35. The molecule has 6 heteroatoms. The maximum atomic E-state index is 13.1. The first-order valence-corrected chi connectivity index (χ1v) is 6.58. The van der Waals surface area contributed by atoms with Crippen molar-refractivity contribution in [1.82, 2.24) is 4.98 Å². The number of hydrogen-bond donors (Lipinski definition) is 1. The van der Waals surface area contributed by atoms with Gasteiger partial charge in [-0.15, -0.1) is 0 Å². The zero-order valence-electron chi connectivity index (χ0n) is 11.1. The van der Waals surface area contributed by atoms with Gasteiger partial charge in [-0.05, 0) is 29.3 Å². The average Bonchev–Trinajstić information content (AvgIpc) is 2.85. The van der Waals surface area contributed by atoms with E-state index in [0.29, 0.717) is 11.1 Å². The molecule has 0 radical (unpaired) electrons. The first-order chi connectivity index (χ1) is 10.0. The van der Waals surface area contributed by atoms with Crippen molar-refractivity contribution >= 4 is 5.69 Å². The van der Waals surface area contributed by atoms with Crippen molar-refractivity contribution in [3.8, 4) is 0 Å². The summed E-state index contributed by atoms with van der Waals surface area (Å²) in [6, 6.07) is 7.62. The number of nitrogens with two attached hydrogens (primary N) is 1. The van der Waals surface area contributed by atoms with Gasteiger partial charge in [-0.25, -0.2) is 0 Å². The molecule has 0 fully saturated rings. The predicted molar refractivity (Wildman–Crippen MR) is 73.7 cm³/mol. The Morgan fingerprint density at radius 2 is 2.05 bits per heavy atom. The molecule has 1 unspecified atom stereocenters. The van der Waals surface area contributed by atoms with Gasteiger partial charge in [0.25, 0.3) is 0 Å². The first-order valence-electron chi connectivity index (χ1n) is 6.58. The van der Waals surface area contributed by atoms with Gasteiger partial charge < -0.3 is 10.6 Å². The lowest BCUT2D eigenvalue weighted by Gasteiger charge is -2.25. The van der Waals surface area contributed by atoms with E-state index >= 15 is 0 Å². The largest absolute Gasteiger partial charge is 0.416 e. The van der Waals surface area contributed by atoms with Crippen molar-refractivity contribution in [3.05, 3.63) is 59.4 Å². The molecule has 1 aliphatic heterocycles. The van der Waals surface area contributed by atoms with E-state index in [0.717, 1.165) is 11.8 Å². The fraction of sp³-hybridized carbons (Fsp3) is 0.267. The van der Waals surface area contributed by atoms with Gasteiger partial charge in [0.1, 0.15) is 0 Å². The van der Waals surface area contributed by atoms with Crippen LogP contribution in [0, 0.1) is 0 Å². The molecule has 0 aliphatic carbocycles. The lowest BCUT2D eigenvalue weighted by molar-refractivity contribution is -0.138. The highest BCUT2D eigenvalue weighted by atomic mass is 19.4. The van der Waals surface area contributed by atoms with Gasteiger partial charge in [-0.1, -0.05) is 12.1 Å². The first kappa shape index (κ1) is 13.9. The highest BCUT2D eigenvalue weighted by Crippen LogP contribution is 2.42. The van der Waals surface area contributed by atoms with Gasteiger partial charge >= 0.3 is 6.18 Å². The minimum Gasteiger partial charge on any atom is -0.358 e. The molecule has 2 aromatic rings. The van der Waals surface area contributed by atoms with Gasteiger partial charge in [-0.2, -0.15) is 13.2 Å². The van der Waals surface area contributed by atoms with E-state index in [2.05, 4.69) is 4.98 Å². The number of fused-ring (bicyclic) bond motifs is 1. The molecule has 3 rings (SSSR count). The Labute approximate surface area is 120 Å². The lowest BCUT2D eigenvalue weighted by Crippen LogP contribution is -2.27. The molecule has 0 bridgehead atoms. The number of aromatic nitrogens is 1. The Morgan fingerprint density at radius 3 is 2.67 bits per heavy atom. The third-order valence-electron chi connectivity index (χ3n) is 3.78. The van der Waals surface area contributed by atoms with E-state index in [1.807, 2.05) is 11.0 Å². The Morgan fingerprint density at radius 1 is 1.24 bits per heavy atom. The Balaban J connectivity index is 2.08. The standard InChI is InChI=1S/C15H14F3N3/c16-15(17,18)13-5-1-4-11-12(13)9-21(14(11)7-19)10-3-2-6-20-8-10/h1-6,8,14H,7,9,19H2. The van der Waals surface area contributed by atoms with E-state index in [1.54, 1.807) is 24.5 Å². The molecule has 110 valence electrons. The number of rotatable bonds is 2. The summed E-state index contributed by atoms with van der Waals surface area (Å²) < 4.78 is 39.4. The van der Waals surface area contributed by atoms with Gasteiger partial charge in [0.15, 0.2) is 0 Å². The van der Waals surface area contributed by atoms with Crippen LogP contribution in [0.3, 0.4) is 0 Å². The summed E-state index contributed by atoms with van der Waals surface area (Å²) in [6.45, 7) is 0.446. The highest BCUT2D eigenvalue weighted by molar-refractivity contribution is 5.55. The molecule has 21 heavy (non-hydrogen) atoms. The summed E-state index contributed by atoms with van der Waals surface area (Å²) in [5, 5.41) is 0. The van der Waals surface area contributed by atoms with Gasteiger partial charge in [0.2, 0.25) is 0 Å². The summed E-state index contributed by atoms with van der Waals surface area (Å²) in [6.07, 6.45) is -1.08. The van der Waals surface area contributed by atoms with E-state index < -0.39 is 11.7 Å². The van der Waals surface area contributed by atoms with Crippen LogP contribution in [0.2, 0.25) is 0 Å². The lowest BCUT2D eigenvalue weighted by atomic mass is 9.99. The number of alkyl halides is 3. The van der Waals surface area contributed by atoms with Crippen molar-refractivity contribution in [3.63, 3.8) is 0 Å². The summed E-state index contributed by atoms with van der Waals surface area (Å²) in [5.41, 5.74) is 6.95. The molecule has 3 nitrogen and oxygen atoms in total. The molecule has 0 saturated carbocycles. The number of anilines is 1. The fourth-order valence-corrected chi connectivity index (χ4v) is 2.86. The van der Waals surface area contributed by atoms with Crippen LogP contribution in [0.5, 0.6) is 0 Å². The number of halogens is 3. The quantitative estimate of drug-likeness (QED) is 0.925. The zero-order chi connectivity index (χ0) is 15.0. The molecule has 0 amide bonds. The molecule has 1 atom stereocenters. The molecular formula is C15H14F3N3. The second-order valence-electron chi connectivity index (χ2n) is 4.96. The smallest absolute Gasteiger partial charge is 0.358 e. The average molecular weight is 293 g/mol. The van der Waals surface area contributed by atoms with Gasteiger partial charge in [0, 0.05) is 19.3 Å². The highest BCUT2D eigenvalue weighted by Gasteiger charge is 2.39. The van der Waals surface area contributed by atoms with Crippen molar-refractivity contribution in [2.45, 2.75) is 18.8 Å². The Bertz CT molecular complexity index is 640. The monoisotopic (exact) mass is 293 g/mol. The summed E-state index contributed by atoms with van der Waals surface area (Å²) in [4.78, 5) is 5.90. The predicted octanol–water partition coefficient (Wildman–Crippen LogP) is 3.12. The zero-order valence-corrected chi connectivity index (χ0v) is 11.1. The Kier molecular flexibility index (Phi) is 3.33. The number of benzene rings is 1. The topological polar surface area (TPSA) is 42.1 Å². The molecule has 0 saturated heterocycles. The van der Waals surface area contributed by atoms with E-state index in [9.17, 15) is 13.2 Å².